The van der Waals surface area contributed by atoms with Gasteiger partial charge in [0, 0.05) is 9.79 Å². The lowest BCUT2D eigenvalue weighted by molar-refractivity contribution is 0.689. The minimum atomic E-state index is -0.304. The first kappa shape index (κ1) is 15.8. The molecule has 0 N–H and O–H groups in total. The summed E-state index contributed by atoms with van der Waals surface area (Å²) in [6, 6.07) is 21.3. The fourth-order valence-corrected chi connectivity index (χ4v) is 7.68. The van der Waals surface area contributed by atoms with Crippen LogP contribution in [0.2, 0.25) is 0 Å². The van der Waals surface area contributed by atoms with Gasteiger partial charge in [-0.15, -0.1) is 23.5 Å². The lowest BCUT2D eigenvalue weighted by Crippen LogP contribution is -2.46. The van der Waals surface area contributed by atoms with Crippen LogP contribution in [0.3, 0.4) is 0 Å². The molecule has 2 nitrogen and oxygen atoms in total. The molecule has 26 heavy (non-hydrogen) atoms. The van der Waals surface area contributed by atoms with Crippen molar-refractivity contribution in [3.05, 3.63) is 70.8 Å². The minimum Gasteiger partial charge on any atom is -0.192 e. The molecule has 2 aliphatic heterocycles. The van der Waals surface area contributed by atoms with Gasteiger partial charge in [-0.2, -0.15) is 10.5 Å². The van der Waals surface area contributed by atoms with Gasteiger partial charge in [-0.05, 0) is 48.3 Å². The summed E-state index contributed by atoms with van der Waals surface area (Å²) in [7, 11) is 0. The standard InChI is InChI=1S/C22H14N2S2/c1-21-19(13-7-3-5-9-17(13)25-21)15(11-23)16(12-24)20-14-8-4-6-10-18(14)26-22(20,21)2/h3-10H,1-2H3. The molecule has 0 aromatic heterocycles. The first-order valence-electron chi connectivity index (χ1n) is 8.42. The van der Waals surface area contributed by atoms with Crippen LogP contribution in [0, 0.1) is 22.7 Å². The zero-order valence-electron chi connectivity index (χ0n) is 14.3. The second-order valence-corrected chi connectivity index (χ2v) is 9.91. The number of allylic oxidation sites excluding steroid dienone is 2. The van der Waals surface area contributed by atoms with Gasteiger partial charge in [0.1, 0.15) is 12.1 Å². The molecule has 3 aliphatic rings. The van der Waals surface area contributed by atoms with Gasteiger partial charge >= 0.3 is 0 Å². The predicted octanol–water partition coefficient (Wildman–Crippen LogP) is 5.68. The Hall–Kier alpha value is -2.40. The molecule has 0 bridgehead atoms. The Morgan fingerprint density at radius 2 is 1.08 bits per heavy atom. The third-order valence-electron chi connectivity index (χ3n) is 5.78. The van der Waals surface area contributed by atoms with Gasteiger partial charge in [0.05, 0.1) is 20.6 Å². The predicted molar refractivity (Wildman–Crippen MR) is 106 cm³/mol. The van der Waals surface area contributed by atoms with Crippen molar-refractivity contribution in [3.63, 3.8) is 0 Å². The molecule has 2 atom stereocenters. The summed E-state index contributed by atoms with van der Waals surface area (Å²) in [6.07, 6.45) is 0. The van der Waals surface area contributed by atoms with E-state index in [0.29, 0.717) is 11.1 Å². The van der Waals surface area contributed by atoms with Crippen molar-refractivity contribution in [3.8, 4) is 12.1 Å². The molecular weight excluding hydrogens is 356 g/mol. The topological polar surface area (TPSA) is 47.6 Å². The summed E-state index contributed by atoms with van der Waals surface area (Å²) >= 11 is 3.65. The number of hydrogen-bond donors (Lipinski definition) is 0. The van der Waals surface area contributed by atoms with E-state index >= 15 is 0 Å². The Kier molecular flexibility index (Phi) is 3.09. The first-order chi connectivity index (χ1) is 12.5. The Morgan fingerprint density at radius 1 is 0.692 bits per heavy atom. The van der Waals surface area contributed by atoms with Crippen molar-refractivity contribution in [1.82, 2.24) is 0 Å². The molecule has 2 aromatic rings. The average Bonchev–Trinajstić information content (AvgIpc) is 3.13. The van der Waals surface area contributed by atoms with Crippen LogP contribution in [0.5, 0.6) is 0 Å². The smallest absolute Gasteiger partial charge is 0.101 e. The summed E-state index contributed by atoms with van der Waals surface area (Å²) < 4.78 is -0.609. The van der Waals surface area contributed by atoms with Crippen molar-refractivity contribution >= 4 is 34.7 Å². The zero-order valence-corrected chi connectivity index (χ0v) is 16.0. The Labute approximate surface area is 161 Å². The van der Waals surface area contributed by atoms with E-state index in [2.05, 4.69) is 50.3 Å². The van der Waals surface area contributed by atoms with Crippen LogP contribution in [-0.2, 0) is 0 Å². The SMILES string of the molecule is CC12Sc3ccccc3C1=C(C#N)C(C#N)=C1c3ccccc3SC12C. The Bertz CT molecular complexity index is 1050. The molecule has 2 heterocycles. The number of fused-ring (bicyclic) bond motifs is 7. The molecule has 5 rings (SSSR count). The molecule has 0 fully saturated rings. The summed E-state index contributed by atoms with van der Waals surface area (Å²) in [5.74, 6) is 0. The van der Waals surface area contributed by atoms with Crippen LogP contribution in [0.1, 0.15) is 25.0 Å². The van der Waals surface area contributed by atoms with Crippen molar-refractivity contribution in [2.75, 3.05) is 0 Å². The van der Waals surface area contributed by atoms with Crippen LogP contribution in [0.15, 0.2) is 69.5 Å². The second kappa shape index (κ2) is 5.07. The molecule has 2 aromatic carbocycles. The number of benzene rings is 2. The van der Waals surface area contributed by atoms with Crippen molar-refractivity contribution in [1.29, 1.82) is 10.5 Å². The van der Waals surface area contributed by atoms with Crippen molar-refractivity contribution < 1.29 is 0 Å². The molecular formula is C22H14N2S2. The summed E-state index contributed by atoms with van der Waals surface area (Å²) in [6.45, 7) is 4.47. The quantitative estimate of drug-likeness (QED) is 0.598. The number of nitriles is 2. The largest absolute Gasteiger partial charge is 0.192 e. The maximum Gasteiger partial charge on any atom is 0.101 e. The van der Waals surface area contributed by atoms with Gasteiger partial charge < -0.3 is 0 Å². The van der Waals surface area contributed by atoms with Gasteiger partial charge in [0.15, 0.2) is 0 Å². The minimum absolute atomic E-state index is 0.304. The molecule has 2 unspecified atom stereocenters. The molecule has 0 spiro atoms. The molecule has 4 heteroatoms. The van der Waals surface area contributed by atoms with Crippen molar-refractivity contribution in [2.24, 2.45) is 0 Å². The number of rotatable bonds is 0. The van der Waals surface area contributed by atoms with Gasteiger partial charge in [0.2, 0.25) is 0 Å². The maximum absolute atomic E-state index is 10.0. The van der Waals surface area contributed by atoms with Gasteiger partial charge in [-0.1, -0.05) is 36.4 Å². The Morgan fingerprint density at radius 3 is 1.46 bits per heavy atom. The molecule has 0 amide bonds. The summed E-state index contributed by atoms with van der Waals surface area (Å²) in [5.41, 5.74) is 5.31. The van der Waals surface area contributed by atoms with E-state index in [1.807, 2.05) is 47.8 Å². The molecule has 0 radical (unpaired) electrons. The first-order valence-corrected chi connectivity index (χ1v) is 10.1. The van der Waals surface area contributed by atoms with Crippen LogP contribution >= 0.6 is 23.5 Å². The number of hydrogen-bond acceptors (Lipinski definition) is 4. The fourth-order valence-electron chi connectivity index (χ4n) is 4.47. The van der Waals surface area contributed by atoms with E-state index in [-0.39, 0.29) is 9.49 Å². The lowest BCUT2D eigenvalue weighted by atomic mass is 9.69. The third kappa shape index (κ3) is 1.65. The fraction of sp³-hybridized carbons (Fsp3) is 0.182. The van der Waals surface area contributed by atoms with Crippen LogP contribution in [-0.4, -0.2) is 9.49 Å². The highest BCUT2D eigenvalue weighted by Gasteiger charge is 2.61. The number of nitrogens with zero attached hydrogens (tertiary/aromatic N) is 2. The normalized spacial score (nSPS) is 28.0. The highest BCUT2D eigenvalue weighted by molar-refractivity contribution is 8.06. The summed E-state index contributed by atoms with van der Waals surface area (Å²) in [4.78, 5) is 2.38. The highest BCUT2D eigenvalue weighted by Crippen LogP contribution is 2.71. The van der Waals surface area contributed by atoms with Gasteiger partial charge in [0.25, 0.3) is 0 Å². The monoisotopic (exact) mass is 370 g/mol. The maximum atomic E-state index is 10.0. The second-order valence-electron chi connectivity index (χ2n) is 6.99. The van der Waals surface area contributed by atoms with E-state index in [1.165, 1.54) is 9.79 Å². The van der Waals surface area contributed by atoms with Gasteiger partial charge in [-0.25, -0.2) is 0 Å². The average molecular weight is 371 g/mol. The number of thioether (sulfide) groups is 2. The van der Waals surface area contributed by atoms with Crippen LogP contribution in [0.25, 0.3) is 11.1 Å². The van der Waals surface area contributed by atoms with E-state index in [4.69, 9.17) is 0 Å². The summed E-state index contributed by atoms with van der Waals surface area (Å²) in [5, 5.41) is 20.0. The molecule has 0 saturated carbocycles. The van der Waals surface area contributed by atoms with Crippen LogP contribution in [0.4, 0.5) is 0 Å². The zero-order chi connectivity index (χ0) is 18.1. The molecule has 1 aliphatic carbocycles. The highest BCUT2D eigenvalue weighted by atomic mass is 32.2. The van der Waals surface area contributed by atoms with E-state index in [9.17, 15) is 10.5 Å². The van der Waals surface area contributed by atoms with Gasteiger partial charge in [-0.3, -0.25) is 0 Å². The Balaban J connectivity index is 1.94. The van der Waals surface area contributed by atoms with Crippen LogP contribution < -0.4 is 0 Å². The van der Waals surface area contributed by atoms with E-state index < -0.39 is 0 Å². The third-order valence-corrected chi connectivity index (χ3v) is 9.10. The lowest BCUT2D eigenvalue weighted by Gasteiger charge is -2.45. The van der Waals surface area contributed by atoms with E-state index in [0.717, 1.165) is 22.3 Å². The van der Waals surface area contributed by atoms with Crippen molar-refractivity contribution in [2.45, 2.75) is 33.1 Å². The van der Waals surface area contributed by atoms with E-state index in [1.54, 1.807) is 0 Å². The molecule has 124 valence electrons. The molecule has 0 saturated heterocycles.